The van der Waals surface area contributed by atoms with Crippen molar-refractivity contribution in [3.05, 3.63) is 83.8 Å². The molecule has 4 nitrogen and oxygen atoms in total. The van der Waals surface area contributed by atoms with Crippen molar-refractivity contribution in [1.29, 1.82) is 0 Å². The molecule has 9 aliphatic rings. The summed E-state index contributed by atoms with van der Waals surface area (Å²) in [5, 5.41) is 0. The standard InChI is InChI=1S/C48H64BN3O/c1-32-27-40-45(53-32)51(36-23-15-9-16-24-36)41-30-37(50(34-19-11-7-12-20-34)35-21-13-8-14-22-35)31-42-43(41)49(40)39-29-33(46(2,3)4)28-38-44(39)52(42)47(5,6)48(38)25-17-10-18-26-48/h7,9,11,13,15,19,21-22,29-32,36,38-40,44-45H,8,10,12,14,16-18,20,23-28H2,1-6H3. The number of nitrogens with zero attached hydrogens (tertiary/aromatic N) is 3. The normalized spacial score (nSPS) is 34.7. The Balaban J connectivity index is 1.27. The van der Waals surface area contributed by atoms with Crippen LogP contribution < -0.4 is 20.2 Å². The van der Waals surface area contributed by atoms with Crippen LogP contribution in [0.2, 0.25) is 11.6 Å². The van der Waals surface area contributed by atoms with E-state index in [1.54, 1.807) is 16.7 Å². The lowest BCUT2D eigenvalue weighted by molar-refractivity contribution is 0.0469. The summed E-state index contributed by atoms with van der Waals surface area (Å²) in [6.07, 6.45) is 39.7. The van der Waals surface area contributed by atoms with Gasteiger partial charge in [-0.3, -0.25) is 0 Å². The number of ether oxygens (including phenoxy) is 1. The van der Waals surface area contributed by atoms with Crippen LogP contribution in [-0.2, 0) is 4.74 Å². The smallest absolute Gasteiger partial charge is 0.198 e. The van der Waals surface area contributed by atoms with E-state index in [0.717, 1.165) is 38.5 Å². The minimum absolute atomic E-state index is 0.0654. The van der Waals surface area contributed by atoms with Crippen LogP contribution in [0.25, 0.3) is 0 Å². The fourth-order valence-corrected chi connectivity index (χ4v) is 13.7. The Morgan fingerprint density at radius 2 is 1.77 bits per heavy atom. The second kappa shape index (κ2) is 12.6. The van der Waals surface area contributed by atoms with Gasteiger partial charge in [-0.1, -0.05) is 88.1 Å². The van der Waals surface area contributed by atoms with Gasteiger partial charge in [-0.2, -0.15) is 0 Å². The third-order valence-corrected chi connectivity index (χ3v) is 16.1. The van der Waals surface area contributed by atoms with Crippen molar-refractivity contribution < 1.29 is 4.74 Å². The summed E-state index contributed by atoms with van der Waals surface area (Å²) >= 11 is 0. The van der Waals surface area contributed by atoms with Crippen LogP contribution in [0.3, 0.4) is 0 Å². The molecule has 10 rings (SSSR count). The maximum atomic E-state index is 7.22. The maximum Gasteiger partial charge on any atom is 0.198 e. The minimum Gasteiger partial charge on any atom is -0.363 e. The quantitative estimate of drug-likeness (QED) is 0.229. The number of anilines is 3. The fraction of sp³-hybridized carbons (Fsp3) is 0.625. The summed E-state index contributed by atoms with van der Waals surface area (Å²) in [5.74, 6) is 1.71. The molecule has 0 N–H and O–H groups in total. The summed E-state index contributed by atoms with van der Waals surface area (Å²) in [6, 6.07) is 6.37. The van der Waals surface area contributed by atoms with Crippen molar-refractivity contribution in [2.24, 2.45) is 16.7 Å². The topological polar surface area (TPSA) is 19.0 Å². The molecule has 7 unspecified atom stereocenters. The molecule has 4 heterocycles. The van der Waals surface area contributed by atoms with Crippen molar-refractivity contribution in [3.8, 4) is 0 Å². The van der Waals surface area contributed by atoms with Gasteiger partial charge in [0.25, 0.3) is 0 Å². The van der Waals surface area contributed by atoms with Gasteiger partial charge in [0.15, 0.2) is 6.71 Å². The highest BCUT2D eigenvalue weighted by Gasteiger charge is 2.70. The highest BCUT2D eigenvalue weighted by molar-refractivity contribution is 6.80. The predicted octanol–water partition coefficient (Wildman–Crippen LogP) is 11.4. The van der Waals surface area contributed by atoms with E-state index in [2.05, 4.69) is 123 Å². The van der Waals surface area contributed by atoms with Crippen LogP contribution in [0.1, 0.15) is 131 Å². The van der Waals surface area contributed by atoms with Crippen LogP contribution in [-0.4, -0.2) is 36.7 Å². The number of allylic oxidation sites excluding steroid dienone is 9. The Bertz CT molecular complexity index is 1830. The first kappa shape index (κ1) is 34.6. The van der Waals surface area contributed by atoms with Gasteiger partial charge in [-0.25, -0.2) is 0 Å². The molecular weight excluding hydrogens is 645 g/mol. The molecule has 5 heteroatoms. The van der Waals surface area contributed by atoms with Crippen molar-refractivity contribution in [2.75, 3.05) is 14.7 Å². The van der Waals surface area contributed by atoms with Gasteiger partial charge in [0.1, 0.15) is 6.23 Å². The number of fused-ring (bicyclic) bond motifs is 5. The van der Waals surface area contributed by atoms with Gasteiger partial charge < -0.3 is 19.4 Å². The molecule has 1 spiro atoms. The van der Waals surface area contributed by atoms with Gasteiger partial charge >= 0.3 is 0 Å². The van der Waals surface area contributed by atoms with E-state index in [0.29, 0.717) is 41.8 Å². The van der Waals surface area contributed by atoms with Crippen molar-refractivity contribution in [1.82, 2.24) is 0 Å². The van der Waals surface area contributed by atoms with E-state index < -0.39 is 0 Å². The largest absolute Gasteiger partial charge is 0.363 e. The van der Waals surface area contributed by atoms with Gasteiger partial charge in [0.2, 0.25) is 0 Å². The van der Waals surface area contributed by atoms with E-state index in [1.165, 1.54) is 74.1 Å². The van der Waals surface area contributed by atoms with E-state index in [4.69, 9.17) is 4.74 Å². The lowest BCUT2D eigenvalue weighted by Gasteiger charge is -2.57. The third-order valence-electron chi connectivity index (χ3n) is 16.1. The lowest BCUT2D eigenvalue weighted by atomic mass is 9.25. The van der Waals surface area contributed by atoms with Gasteiger partial charge in [0, 0.05) is 46.1 Å². The summed E-state index contributed by atoms with van der Waals surface area (Å²) < 4.78 is 7.22. The first-order valence-electron chi connectivity index (χ1n) is 21.9. The molecule has 53 heavy (non-hydrogen) atoms. The molecule has 7 atom stereocenters. The Morgan fingerprint density at radius 1 is 0.943 bits per heavy atom. The van der Waals surface area contributed by atoms with Crippen LogP contribution in [0.5, 0.6) is 0 Å². The average molecular weight is 710 g/mol. The summed E-state index contributed by atoms with van der Waals surface area (Å²) in [5.41, 5.74) is 11.2. The highest BCUT2D eigenvalue weighted by atomic mass is 16.5. The van der Waals surface area contributed by atoms with Crippen LogP contribution in [0.4, 0.5) is 17.1 Å². The predicted molar refractivity (Wildman–Crippen MR) is 224 cm³/mol. The Labute approximate surface area is 321 Å². The summed E-state index contributed by atoms with van der Waals surface area (Å²) in [6.45, 7) is 15.7. The average Bonchev–Trinajstić information content (AvgIpc) is 3.63. The van der Waals surface area contributed by atoms with Crippen molar-refractivity contribution in [3.63, 3.8) is 0 Å². The molecule has 0 radical (unpaired) electrons. The molecule has 4 aliphatic heterocycles. The summed E-state index contributed by atoms with van der Waals surface area (Å²) in [7, 11) is 0. The molecule has 2 saturated heterocycles. The fourth-order valence-electron chi connectivity index (χ4n) is 13.7. The summed E-state index contributed by atoms with van der Waals surface area (Å²) in [4.78, 5) is 8.64. The lowest BCUT2D eigenvalue weighted by Crippen LogP contribution is -2.66. The number of rotatable bonds is 4. The Kier molecular flexibility index (Phi) is 8.19. The second-order valence-corrected chi connectivity index (χ2v) is 20.0. The second-order valence-electron chi connectivity index (χ2n) is 20.0. The van der Waals surface area contributed by atoms with Crippen molar-refractivity contribution in [2.45, 2.75) is 173 Å². The molecule has 1 aromatic carbocycles. The number of hydrogen-bond donors (Lipinski definition) is 0. The van der Waals surface area contributed by atoms with Gasteiger partial charge in [0.05, 0.1) is 6.10 Å². The maximum absolute atomic E-state index is 7.22. The molecule has 0 amide bonds. The monoisotopic (exact) mass is 710 g/mol. The zero-order valence-electron chi connectivity index (χ0n) is 33.6. The Morgan fingerprint density at radius 3 is 2.49 bits per heavy atom. The third kappa shape index (κ3) is 5.10. The van der Waals surface area contributed by atoms with Gasteiger partial charge in [-0.05, 0) is 150 Å². The van der Waals surface area contributed by atoms with E-state index in [1.807, 2.05) is 0 Å². The minimum atomic E-state index is 0.0654. The van der Waals surface area contributed by atoms with Crippen LogP contribution in [0, 0.1) is 16.7 Å². The molecule has 1 saturated carbocycles. The molecule has 0 aromatic heterocycles. The molecule has 0 bridgehead atoms. The first-order valence-corrected chi connectivity index (χ1v) is 21.9. The van der Waals surface area contributed by atoms with E-state index in [-0.39, 0.29) is 23.3 Å². The van der Waals surface area contributed by atoms with E-state index in [9.17, 15) is 0 Å². The molecule has 5 aliphatic carbocycles. The zero-order valence-corrected chi connectivity index (χ0v) is 33.6. The van der Waals surface area contributed by atoms with E-state index >= 15 is 0 Å². The molecule has 3 fully saturated rings. The van der Waals surface area contributed by atoms with Crippen LogP contribution in [0.15, 0.2) is 83.8 Å². The highest BCUT2D eigenvalue weighted by Crippen LogP contribution is 2.69. The number of benzene rings is 1. The first-order chi connectivity index (χ1) is 25.6. The molecule has 1 aromatic rings. The zero-order chi connectivity index (χ0) is 36.3. The number of hydrogen-bond acceptors (Lipinski definition) is 4. The van der Waals surface area contributed by atoms with Crippen LogP contribution >= 0.6 is 0 Å². The molecule has 280 valence electrons. The molecular formula is C48H64BN3O. The van der Waals surface area contributed by atoms with Gasteiger partial charge in [-0.15, -0.1) is 0 Å². The Hall–Kier alpha value is -2.92. The van der Waals surface area contributed by atoms with Crippen molar-refractivity contribution >= 4 is 29.2 Å². The SMILES string of the molecule is CC1CC2B3c4c(cc(N(C5=CCCC=C5)C5=CC=CCC5)cc4N4C5C3C=C(C(C)(C)C)CC5C3(CCCCC3)C4(C)C)N(C3CC=CCC3)C2O1.